The summed E-state index contributed by atoms with van der Waals surface area (Å²) in [5.41, 5.74) is 0. The summed E-state index contributed by atoms with van der Waals surface area (Å²) in [7, 11) is 2.05. The molecular formula is C13H18ClN3O2S. The fraction of sp³-hybridized carbons (Fsp3) is 0.538. The van der Waals surface area contributed by atoms with Gasteiger partial charge >= 0.3 is 0 Å². The molecule has 0 unspecified atom stereocenters. The van der Waals surface area contributed by atoms with Gasteiger partial charge in [0.25, 0.3) is 5.91 Å². The van der Waals surface area contributed by atoms with Crippen LogP contribution in [0, 0.1) is 0 Å². The molecule has 0 bridgehead atoms. The minimum absolute atomic E-state index is 0.0996. The predicted molar refractivity (Wildman–Crippen MR) is 80.4 cm³/mol. The van der Waals surface area contributed by atoms with E-state index < -0.39 is 0 Å². The summed E-state index contributed by atoms with van der Waals surface area (Å²) >= 11 is 7.01. The molecule has 5 nitrogen and oxygen atoms in total. The average molecular weight is 316 g/mol. The van der Waals surface area contributed by atoms with Crippen molar-refractivity contribution in [1.29, 1.82) is 0 Å². The van der Waals surface area contributed by atoms with Gasteiger partial charge in [-0.25, -0.2) is 0 Å². The summed E-state index contributed by atoms with van der Waals surface area (Å²) < 4.78 is 0.587. The van der Waals surface area contributed by atoms with Crippen molar-refractivity contribution in [2.45, 2.75) is 6.42 Å². The lowest BCUT2D eigenvalue weighted by atomic mass is 10.3. The van der Waals surface area contributed by atoms with Gasteiger partial charge in [-0.15, -0.1) is 11.3 Å². The molecule has 1 aliphatic rings. The average Bonchev–Trinajstić information content (AvgIpc) is 2.86. The highest BCUT2D eigenvalue weighted by Gasteiger charge is 2.18. The highest BCUT2D eigenvalue weighted by molar-refractivity contribution is 7.17. The third-order valence-corrected chi connectivity index (χ3v) is 4.51. The number of hydrogen-bond acceptors (Lipinski definition) is 4. The van der Waals surface area contributed by atoms with Gasteiger partial charge in [0.05, 0.1) is 9.21 Å². The largest absolute Gasteiger partial charge is 0.351 e. The third kappa shape index (κ3) is 4.19. The number of thiophene rings is 1. The van der Waals surface area contributed by atoms with E-state index in [9.17, 15) is 9.59 Å². The van der Waals surface area contributed by atoms with Crippen LogP contribution in [0.15, 0.2) is 12.1 Å². The smallest absolute Gasteiger partial charge is 0.261 e. The van der Waals surface area contributed by atoms with E-state index in [4.69, 9.17) is 11.6 Å². The molecule has 0 spiro atoms. The minimum atomic E-state index is -0.173. The Morgan fingerprint density at radius 2 is 2.00 bits per heavy atom. The van der Waals surface area contributed by atoms with Crippen LogP contribution in [0.2, 0.25) is 4.34 Å². The van der Waals surface area contributed by atoms with E-state index >= 15 is 0 Å². The molecule has 1 aliphatic heterocycles. The second-order valence-corrected chi connectivity index (χ2v) is 6.51. The molecule has 0 atom stereocenters. The van der Waals surface area contributed by atoms with E-state index in [0.29, 0.717) is 22.2 Å². The number of amides is 2. The van der Waals surface area contributed by atoms with E-state index in [1.807, 2.05) is 11.9 Å². The van der Waals surface area contributed by atoms with Crippen LogP contribution in [0.25, 0.3) is 0 Å². The predicted octanol–water partition coefficient (Wildman–Crippen LogP) is 1.30. The molecule has 110 valence electrons. The zero-order chi connectivity index (χ0) is 14.5. The zero-order valence-corrected chi connectivity index (χ0v) is 13.0. The number of carbonyl (C=O) groups is 2. The summed E-state index contributed by atoms with van der Waals surface area (Å²) in [6, 6.07) is 3.38. The molecule has 2 heterocycles. The van der Waals surface area contributed by atoms with Crippen molar-refractivity contribution in [1.82, 2.24) is 15.1 Å². The van der Waals surface area contributed by atoms with Gasteiger partial charge in [0.1, 0.15) is 0 Å². The van der Waals surface area contributed by atoms with Gasteiger partial charge in [-0.1, -0.05) is 11.6 Å². The molecule has 0 aromatic carbocycles. The van der Waals surface area contributed by atoms with Crippen molar-refractivity contribution in [2.24, 2.45) is 0 Å². The lowest BCUT2D eigenvalue weighted by molar-refractivity contribution is -0.132. The van der Waals surface area contributed by atoms with Crippen LogP contribution in [-0.2, 0) is 4.79 Å². The van der Waals surface area contributed by atoms with Gasteiger partial charge < -0.3 is 15.1 Å². The molecular weight excluding hydrogens is 298 g/mol. The van der Waals surface area contributed by atoms with Crippen LogP contribution in [0.5, 0.6) is 0 Å². The van der Waals surface area contributed by atoms with Crippen molar-refractivity contribution in [2.75, 3.05) is 39.8 Å². The molecule has 7 heteroatoms. The van der Waals surface area contributed by atoms with Crippen molar-refractivity contribution in [3.05, 3.63) is 21.3 Å². The molecule has 20 heavy (non-hydrogen) atoms. The van der Waals surface area contributed by atoms with Crippen molar-refractivity contribution < 1.29 is 9.59 Å². The van der Waals surface area contributed by atoms with E-state index in [1.54, 1.807) is 12.1 Å². The van der Waals surface area contributed by atoms with Crippen molar-refractivity contribution in [3.8, 4) is 0 Å². The summed E-state index contributed by atoms with van der Waals surface area (Å²) in [5, 5.41) is 2.75. The topological polar surface area (TPSA) is 52.6 Å². The Bertz CT molecular complexity index is 484. The lowest BCUT2D eigenvalue weighted by Gasteiger charge is -2.32. The van der Waals surface area contributed by atoms with Crippen LogP contribution in [0.4, 0.5) is 0 Å². The van der Waals surface area contributed by atoms with Crippen LogP contribution in [0.3, 0.4) is 0 Å². The van der Waals surface area contributed by atoms with E-state index in [1.165, 1.54) is 11.3 Å². The van der Waals surface area contributed by atoms with Gasteiger partial charge in [-0.3, -0.25) is 9.59 Å². The first-order valence-corrected chi connectivity index (χ1v) is 7.75. The summed E-state index contributed by atoms with van der Waals surface area (Å²) in [4.78, 5) is 28.4. The van der Waals surface area contributed by atoms with Crippen LogP contribution >= 0.6 is 22.9 Å². The zero-order valence-electron chi connectivity index (χ0n) is 11.4. The molecule has 1 saturated heterocycles. The monoisotopic (exact) mass is 315 g/mol. The highest BCUT2D eigenvalue weighted by Crippen LogP contribution is 2.20. The first-order valence-electron chi connectivity index (χ1n) is 6.56. The molecule has 1 aromatic heterocycles. The van der Waals surface area contributed by atoms with Gasteiger partial charge in [0.2, 0.25) is 5.91 Å². The lowest BCUT2D eigenvalue weighted by Crippen LogP contribution is -2.47. The molecule has 1 fully saturated rings. The molecule has 1 aromatic rings. The van der Waals surface area contributed by atoms with E-state index in [0.717, 1.165) is 26.2 Å². The Hall–Kier alpha value is -1.11. The molecule has 0 aliphatic carbocycles. The van der Waals surface area contributed by atoms with E-state index in [2.05, 4.69) is 10.2 Å². The van der Waals surface area contributed by atoms with Crippen molar-refractivity contribution >= 4 is 34.8 Å². The number of nitrogens with zero attached hydrogens (tertiary/aromatic N) is 2. The fourth-order valence-corrected chi connectivity index (χ4v) is 2.98. The van der Waals surface area contributed by atoms with Gasteiger partial charge in [0.15, 0.2) is 0 Å². The summed E-state index contributed by atoms with van der Waals surface area (Å²) in [6.07, 6.45) is 0.342. The number of piperazine rings is 1. The minimum Gasteiger partial charge on any atom is -0.351 e. The molecule has 2 amide bonds. The maximum atomic E-state index is 12.0. The van der Waals surface area contributed by atoms with Crippen LogP contribution < -0.4 is 5.32 Å². The van der Waals surface area contributed by atoms with Crippen molar-refractivity contribution in [3.63, 3.8) is 0 Å². The maximum absolute atomic E-state index is 12.0. The molecule has 0 saturated carbocycles. The maximum Gasteiger partial charge on any atom is 0.261 e. The van der Waals surface area contributed by atoms with Gasteiger partial charge in [0, 0.05) is 39.1 Å². The Kier molecular flexibility index (Phi) is 5.39. The second kappa shape index (κ2) is 7.06. The Morgan fingerprint density at radius 1 is 1.30 bits per heavy atom. The first-order chi connectivity index (χ1) is 9.56. The number of rotatable bonds is 4. The van der Waals surface area contributed by atoms with Crippen LogP contribution in [-0.4, -0.2) is 61.4 Å². The van der Waals surface area contributed by atoms with Gasteiger partial charge in [-0.2, -0.15) is 0 Å². The van der Waals surface area contributed by atoms with Gasteiger partial charge in [-0.05, 0) is 19.2 Å². The number of hydrogen-bond donors (Lipinski definition) is 1. The molecule has 0 radical (unpaired) electrons. The molecule has 2 rings (SSSR count). The fourth-order valence-electron chi connectivity index (χ4n) is 2.02. The molecule has 1 N–H and O–H groups in total. The standard InChI is InChI=1S/C13H18ClN3O2S/c1-16-6-8-17(9-7-16)12(18)4-5-15-13(19)10-2-3-11(14)20-10/h2-3H,4-9H2,1H3,(H,15,19). The number of halogens is 1. The quantitative estimate of drug-likeness (QED) is 0.911. The Labute approximate surface area is 127 Å². The Balaban J connectivity index is 1.70. The van der Waals surface area contributed by atoms with Crippen LogP contribution in [0.1, 0.15) is 16.1 Å². The SMILES string of the molecule is CN1CCN(C(=O)CCNC(=O)c2ccc(Cl)s2)CC1. The number of carbonyl (C=O) groups excluding carboxylic acids is 2. The highest BCUT2D eigenvalue weighted by atomic mass is 35.5. The normalized spacial score (nSPS) is 16.2. The summed E-state index contributed by atoms with van der Waals surface area (Å²) in [6.45, 7) is 3.71. The third-order valence-electron chi connectivity index (χ3n) is 3.28. The number of likely N-dealkylation sites (N-methyl/N-ethyl adjacent to an activating group) is 1. The summed E-state index contributed by atoms with van der Waals surface area (Å²) in [5.74, 6) is -0.0734. The first kappa shape index (κ1) is 15.3. The Morgan fingerprint density at radius 3 is 2.60 bits per heavy atom. The number of nitrogens with one attached hydrogen (secondary N) is 1. The second-order valence-electron chi connectivity index (χ2n) is 4.79. The van der Waals surface area contributed by atoms with E-state index in [-0.39, 0.29) is 11.8 Å².